The van der Waals surface area contributed by atoms with E-state index in [0.29, 0.717) is 13.1 Å². The highest BCUT2D eigenvalue weighted by molar-refractivity contribution is 5.82. The van der Waals surface area contributed by atoms with E-state index in [2.05, 4.69) is 30.8 Å². The topological polar surface area (TPSA) is 95.1 Å². The first kappa shape index (κ1) is 21.9. The number of nitrogens with zero attached hydrogens (tertiary/aromatic N) is 5. The first-order chi connectivity index (χ1) is 16.2. The number of benzene rings is 1. The first-order valence-electron chi connectivity index (χ1n) is 11.6. The van der Waals surface area contributed by atoms with Gasteiger partial charge in [-0.2, -0.15) is 0 Å². The lowest BCUT2D eigenvalue weighted by atomic mass is 10.0. The Morgan fingerprint density at radius 2 is 1.55 bits per heavy atom. The van der Waals surface area contributed by atoms with E-state index >= 15 is 0 Å². The zero-order valence-electron chi connectivity index (χ0n) is 18.9. The van der Waals surface area contributed by atoms with Crippen molar-refractivity contribution in [2.45, 2.75) is 18.5 Å². The van der Waals surface area contributed by atoms with Gasteiger partial charge in [0, 0.05) is 45.3 Å². The Labute approximate surface area is 193 Å². The van der Waals surface area contributed by atoms with Gasteiger partial charge in [-0.1, -0.05) is 12.1 Å². The monoisotopic (exact) mass is 453 g/mol. The van der Waals surface area contributed by atoms with Gasteiger partial charge in [0.15, 0.2) is 11.6 Å². The number of nitrogens with one attached hydrogen (secondary N) is 2. The highest BCUT2D eigenvalue weighted by Crippen LogP contribution is 2.25. The van der Waals surface area contributed by atoms with Crippen molar-refractivity contribution in [3.63, 3.8) is 0 Å². The van der Waals surface area contributed by atoms with Gasteiger partial charge in [0.25, 0.3) is 0 Å². The highest BCUT2D eigenvalue weighted by atomic mass is 16.5. The van der Waals surface area contributed by atoms with Gasteiger partial charge >= 0.3 is 0 Å². The van der Waals surface area contributed by atoms with Gasteiger partial charge in [0.05, 0.1) is 20.3 Å². The summed E-state index contributed by atoms with van der Waals surface area (Å²) in [5.41, 5.74) is 7.60. The van der Waals surface area contributed by atoms with E-state index in [1.54, 1.807) is 7.11 Å². The highest BCUT2D eigenvalue weighted by Gasteiger charge is 2.34. The number of hydrogen-bond donors (Lipinski definition) is 2. The molecule has 10 heteroatoms. The Morgan fingerprint density at radius 3 is 2.15 bits per heavy atom. The van der Waals surface area contributed by atoms with E-state index in [9.17, 15) is 4.79 Å². The van der Waals surface area contributed by atoms with E-state index in [1.807, 2.05) is 41.3 Å². The summed E-state index contributed by atoms with van der Waals surface area (Å²) in [6.07, 6.45) is 0.722. The number of carbonyl (C=O) groups is 1. The van der Waals surface area contributed by atoms with Crippen LogP contribution < -0.4 is 25.4 Å². The van der Waals surface area contributed by atoms with Crippen LogP contribution in [0.2, 0.25) is 0 Å². The van der Waals surface area contributed by atoms with Gasteiger partial charge in [0.1, 0.15) is 11.8 Å². The largest absolute Gasteiger partial charge is 0.497 e. The summed E-state index contributed by atoms with van der Waals surface area (Å²) in [5.74, 6) is 2.73. The van der Waals surface area contributed by atoms with Gasteiger partial charge in [-0.3, -0.25) is 4.79 Å². The fourth-order valence-corrected chi connectivity index (χ4v) is 4.60. The SMILES string of the molecule is COc1ccc(C2CC(C(=O)N3CCN(c4ccc(N5CCOCC5)nn4)CC3)NN2)cc1. The third-order valence-electron chi connectivity index (χ3n) is 6.61. The van der Waals surface area contributed by atoms with Crippen LogP contribution in [-0.2, 0) is 9.53 Å². The number of amides is 1. The number of piperazine rings is 1. The summed E-state index contributed by atoms with van der Waals surface area (Å²) < 4.78 is 10.6. The minimum Gasteiger partial charge on any atom is -0.497 e. The minimum absolute atomic E-state index is 0.103. The zero-order chi connectivity index (χ0) is 22.6. The van der Waals surface area contributed by atoms with Crippen LogP contribution >= 0.6 is 0 Å². The fraction of sp³-hybridized carbons (Fsp3) is 0.522. The summed E-state index contributed by atoms with van der Waals surface area (Å²) in [7, 11) is 1.66. The quantitative estimate of drug-likeness (QED) is 0.674. The second-order valence-corrected chi connectivity index (χ2v) is 8.56. The van der Waals surface area contributed by atoms with Crippen molar-refractivity contribution in [1.29, 1.82) is 0 Å². The summed E-state index contributed by atoms with van der Waals surface area (Å²) >= 11 is 0. The lowest BCUT2D eigenvalue weighted by Gasteiger charge is -2.36. The summed E-state index contributed by atoms with van der Waals surface area (Å²) in [5, 5.41) is 8.85. The Morgan fingerprint density at radius 1 is 0.909 bits per heavy atom. The van der Waals surface area contributed by atoms with Crippen LogP contribution in [0.4, 0.5) is 11.6 Å². The Balaban J connectivity index is 1.12. The minimum atomic E-state index is -0.226. The number of rotatable bonds is 5. The van der Waals surface area contributed by atoms with Crippen molar-refractivity contribution >= 4 is 17.5 Å². The van der Waals surface area contributed by atoms with E-state index in [1.165, 1.54) is 0 Å². The molecule has 33 heavy (non-hydrogen) atoms. The van der Waals surface area contributed by atoms with Gasteiger partial charge < -0.3 is 24.2 Å². The average Bonchev–Trinajstić information content (AvgIpc) is 3.39. The van der Waals surface area contributed by atoms with Crippen molar-refractivity contribution in [2.24, 2.45) is 0 Å². The van der Waals surface area contributed by atoms with Crippen LogP contribution in [0.15, 0.2) is 36.4 Å². The third-order valence-corrected chi connectivity index (χ3v) is 6.61. The number of ether oxygens (including phenoxy) is 2. The molecule has 5 rings (SSSR count). The standard InChI is InChI=1S/C23H31N7O3/c1-32-18-4-2-17(3-5-18)19-16-20(25-24-19)23(31)30-10-8-28(9-11-30)21-6-7-22(27-26-21)29-12-14-33-15-13-29/h2-7,19-20,24-25H,8-16H2,1H3. The number of morpholine rings is 1. The molecule has 2 N–H and O–H groups in total. The van der Waals surface area contributed by atoms with Crippen molar-refractivity contribution in [1.82, 2.24) is 25.9 Å². The first-order valence-corrected chi connectivity index (χ1v) is 11.6. The number of hydrogen-bond acceptors (Lipinski definition) is 9. The van der Waals surface area contributed by atoms with Gasteiger partial charge in [-0.25, -0.2) is 10.9 Å². The smallest absolute Gasteiger partial charge is 0.241 e. The molecule has 3 aliphatic heterocycles. The number of carbonyl (C=O) groups excluding carboxylic acids is 1. The van der Waals surface area contributed by atoms with E-state index in [0.717, 1.165) is 68.8 Å². The molecule has 0 saturated carbocycles. The number of hydrazine groups is 1. The maximum absolute atomic E-state index is 13.1. The Kier molecular flexibility index (Phi) is 6.56. The maximum atomic E-state index is 13.1. The molecule has 3 saturated heterocycles. The van der Waals surface area contributed by atoms with E-state index in [4.69, 9.17) is 9.47 Å². The molecule has 0 radical (unpaired) electrons. The molecular formula is C23H31N7O3. The molecule has 2 atom stereocenters. The molecule has 1 aromatic heterocycles. The van der Waals surface area contributed by atoms with Crippen LogP contribution in [0.1, 0.15) is 18.0 Å². The third kappa shape index (κ3) is 4.87. The number of methoxy groups -OCH3 is 1. The molecule has 4 heterocycles. The lowest BCUT2D eigenvalue weighted by Crippen LogP contribution is -2.53. The van der Waals surface area contributed by atoms with Crippen molar-refractivity contribution in [2.75, 3.05) is 69.4 Å². The zero-order valence-corrected chi connectivity index (χ0v) is 18.9. The second kappa shape index (κ2) is 9.90. The Bertz CT molecular complexity index is 926. The molecule has 3 aliphatic rings. The molecule has 3 fully saturated rings. The number of aromatic nitrogens is 2. The van der Waals surface area contributed by atoms with Crippen LogP contribution in [0, 0.1) is 0 Å². The normalized spacial score (nSPS) is 23.6. The molecule has 1 aromatic carbocycles. The van der Waals surface area contributed by atoms with Crippen molar-refractivity contribution < 1.29 is 14.3 Å². The summed E-state index contributed by atoms with van der Waals surface area (Å²) in [6, 6.07) is 11.9. The fourth-order valence-electron chi connectivity index (χ4n) is 4.60. The average molecular weight is 454 g/mol. The Hall–Kier alpha value is -2.95. The molecule has 1 amide bonds. The van der Waals surface area contributed by atoms with Crippen LogP contribution in [-0.4, -0.2) is 86.6 Å². The number of anilines is 2. The maximum Gasteiger partial charge on any atom is 0.241 e. The molecule has 10 nitrogen and oxygen atoms in total. The summed E-state index contributed by atoms with van der Waals surface area (Å²) in [6.45, 7) is 6.00. The van der Waals surface area contributed by atoms with E-state index in [-0.39, 0.29) is 18.0 Å². The van der Waals surface area contributed by atoms with Crippen LogP contribution in [0.5, 0.6) is 5.75 Å². The molecular weight excluding hydrogens is 422 g/mol. The van der Waals surface area contributed by atoms with E-state index < -0.39 is 0 Å². The molecule has 2 aromatic rings. The van der Waals surface area contributed by atoms with Crippen molar-refractivity contribution in [3.05, 3.63) is 42.0 Å². The van der Waals surface area contributed by atoms with Crippen molar-refractivity contribution in [3.8, 4) is 5.75 Å². The lowest BCUT2D eigenvalue weighted by molar-refractivity contribution is -0.133. The van der Waals surface area contributed by atoms with Gasteiger partial charge in [-0.05, 0) is 36.2 Å². The molecule has 2 unspecified atom stereocenters. The predicted molar refractivity (Wildman–Crippen MR) is 124 cm³/mol. The molecule has 0 aliphatic carbocycles. The van der Waals surface area contributed by atoms with Gasteiger partial charge in [-0.15, -0.1) is 10.2 Å². The van der Waals surface area contributed by atoms with Crippen LogP contribution in [0.25, 0.3) is 0 Å². The predicted octanol–water partition coefficient (Wildman–Crippen LogP) is 0.578. The summed E-state index contributed by atoms with van der Waals surface area (Å²) in [4.78, 5) is 19.4. The van der Waals surface area contributed by atoms with Gasteiger partial charge in [0.2, 0.25) is 5.91 Å². The molecule has 176 valence electrons. The molecule has 0 spiro atoms. The second-order valence-electron chi connectivity index (χ2n) is 8.56. The molecule has 0 bridgehead atoms. The van der Waals surface area contributed by atoms with Crippen LogP contribution in [0.3, 0.4) is 0 Å².